The zero-order chi connectivity index (χ0) is 27.8. The number of nitriles is 1. The van der Waals surface area contributed by atoms with Gasteiger partial charge in [0.25, 0.3) is 0 Å². The van der Waals surface area contributed by atoms with Crippen LogP contribution in [-0.2, 0) is 27.2 Å². The normalized spacial score (nSPS) is 28.7. The number of rotatable bonds is 5. The summed E-state index contributed by atoms with van der Waals surface area (Å²) in [4.78, 5) is 46.4. The molecule has 200 valence electrons. The molecule has 4 aliphatic rings. The van der Waals surface area contributed by atoms with Crippen LogP contribution in [0.3, 0.4) is 0 Å². The summed E-state index contributed by atoms with van der Waals surface area (Å²) >= 11 is 1.42. The highest BCUT2D eigenvalue weighted by Gasteiger charge is 2.80. The van der Waals surface area contributed by atoms with Crippen molar-refractivity contribution in [3.05, 3.63) is 87.8 Å². The molecule has 2 bridgehead atoms. The second-order valence-corrected chi connectivity index (χ2v) is 12.5. The standard InChI is InChI=1S/C34H30N2O3S/c1-3-33-25(20-13-7-5-8-14-20)26(21-15-9-6-10-16-21)34(4-2,32(33)39)28-27(33)29(37)36(30(28)38)31-23(19-35)22-17-11-12-18-24(22)40-31/h5-10,13-16,27-28H,3-4,11-12,17-18H2,1-2H3/t27-,28+,33-,34-/m0/s1. The number of hydrogen-bond acceptors (Lipinski definition) is 5. The van der Waals surface area contributed by atoms with E-state index in [-0.39, 0.29) is 17.6 Å². The summed E-state index contributed by atoms with van der Waals surface area (Å²) in [5.41, 5.74) is 2.87. The maximum absolute atomic E-state index is 14.9. The number of allylic oxidation sites excluding steroid dienone is 2. The second-order valence-electron chi connectivity index (χ2n) is 11.4. The number of amides is 2. The van der Waals surface area contributed by atoms with Gasteiger partial charge in [-0.2, -0.15) is 5.26 Å². The molecule has 1 aromatic heterocycles. The summed E-state index contributed by atoms with van der Waals surface area (Å²) in [7, 11) is 0. The van der Waals surface area contributed by atoms with E-state index in [1.807, 2.05) is 74.5 Å². The quantitative estimate of drug-likeness (QED) is 0.338. The zero-order valence-corrected chi connectivity index (χ0v) is 23.5. The van der Waals surface area contributed by atoms with Gasteiger partial charge in [-0.15, -0.1) is 11.3 Å². The van der Waals surface area contributed by atoms with E-state index in [1.165, 1.54) is 16.2 Å². The molecule has 3 aromatic rings. The van der Waals surface area contributed by atoms with Crippen molar-refractivity contribution in [1.29, 1.82) is 5.26 Å². The summed E-state index contributed by atoms with van der Waals surface area (Å²) in [5.74, 6) is -2.21. The first kappa shape index (κ1) is 25.2. The molecule has 0 N–H and O–H groups in total. The van der Waals surface area contributed by atoms with Crippen LogP contribution in [0.4, 0.5) is 5.00 Å². The average molecular weight is 547 g/mol. The van der Waals surface area contributed by atoms with Crippen LogP contribution in [0.1, 0.15) is 66.7 Å². The summed E-state index contributed by atoms with van der Waals surface area (Å²) in [6.07, 6.45) is 4.56. The van der Waals surface area contributed by atoms with Crippen LogP contribution in [0.15, 0.2) is 60.7 Å². The smallest absolute Gasteiger partial charge is 0.239 e. The molecule has 3 aliphatic carbocycles. The lowest BCUT2D eigenvalue weighted by Gasteiger charge is -2.38. The molecule has 5 nitrogen and oxygen atoms in total. The number of carbonyl (C=O) groups excluding carboxylic acids is 3. The molecule has 6 heteroatoms. The van der Waals surface area contributed by atoms with Gasteiger partial charge in [0.15, 0.2) is 5.78 Å². The minimum Gasteiger partial charge on any atom is -0.298 e. The van der Waals surface area contributed by atoms with E-state index in [9.17, 15) is 19.6 Å². The Bertz CT molecular complexity index is 1580. The Morgan fingerprint density at radius 2 is 1.32 bits per heavy atom. The first-order valence-electron chi connectivity index (χ1n) is 14.3. The van der Waals surface area contributed by atoms with E-state index < -0.39 is 22.7 Å². The Labute approximate surface area is 238 Å². The molecule has 4 atom stereocenters. The molecular weight excluding hydrogens is 516 g/mol. The fraction of sp³-hybridized carbons (Fsp3) is 0.353. The Balaban J connectivity index is 1.50. The molecule has 1 saturated carbocycles. The molecule has 7 rings (SSSR count). The largest absolute Gasteiger partial charge is 0.298 e. The fourth-order valence-electron chi connectivity index (χ4n) is 8.48. The van der Waals surface area contributed by atoms with Gasteiger partial charge >= 0.3 is 0 Å². The van der Waals surface area contributed by atoms with E-state index in [2.05, 4.69) is 6.07 Å². The molecule has 2 heterocycles. The van der Waals surface area contributed by atoms with Crippen molar-refractivity contribution in [2.75, 3.05) is 4.90 Å². The molecule has 1 saturated heterocycles. The van der Waals surface area contributed by atoms with Crippen LogP contribution in [0.25, 0.3) is 11.1 Å². The first-order valence-corrected chi connectivity index (χ1v) is 15.1. The lowest BCUT2D eigenvalue weighted by Crippen LogP contribution is -2.41. The Hall–Kier alpha value is -3.82. The van der Waals surface area contributed by atoms with Crippen molar-refractivity contribution in [3.8, 4) is 6.07 Å². The number of aryl methyl sites for hydroxylation is 1. The number of imide groups is 1. The number of ketones is 1. The van der Waals surface area contributed by atoms with Crippen LogP contribution < -0.4 is 4.90 Å². The topological polar surface area (TPSA) is 78.2 Å². The van der Waals surface area contributed by atoms with E-state index in [0.717, 1.165) is 58.4 Å². The van der Waals surface area contributed by atoms with Gasteiger partial charge in [0, 0.05) is 4.88 Å². The SMILES string of the molecule is CC[C@]12C(=O)[C@@](CC)(C(c3ccccc3)=C1c1ccccc1)[C@H]1C(=O)N(c3sc4c(c3C#N)CCCC4)C(=O)[C@H]12. The van der Waals surface area contributed by atoms with Gasteiger partial charge < -0.3 is 0 Å². The summed E-state index contributed by atoms with van der Waals surface area (Å²) in [6, 6.07) is 22.2. The van der Waals surface area contributed by atoms with Crippen molar-refractivity contribution in [3.63, 3.8) is 0 Å². The fourth-order valence-corrected chi connectivity index (χ4v) is 9.83. The van der Waals surface area contributed by atoms with Gasteiger partial charge in [-0.05, 0) is 66.4 Å². The van der Waals surface area contributed by atoms with E-state index >= 15 is 0 Å². The van der Waals surface area contributed by atoms with Crippen LogP contribution in [0.2, 0.25) is 0 Å². The third-order valence-electron chi connectivity index (χ3n) is 10.0. The second kappa shape index (κ2) is 8.84. The zero-order valence-electron chi connectivity index (χ0n) is 22.7. The van der Waals surface area contributed by atoms with Gasteiger partial charge in [-0.25, -0.2) is 4.90 Å². The van der Waals surface area contributed by atoms with Gasteiger partial charge in [-0.3, -0.25) is 14.4 Å². The predicted molar refractivity (Wildman–Crippen MR) is 155 cm³/mol. The van der Waals surface area contributed by atoms with Crippen LogP contribution >= 0.6 is 11.3 Å². The molecule has 0 radical (unpaired) electrons. The Morgan fingerprint density at radius 1 is 0.825 bits per heavy atom. The van der Waals surface area contributed by atoms with Crippen molar-refractivity contribution < 1.29 is 14.4 Å². The Kier molecular flexibility index (Phi) is 5.56. The van der Waals surface area contributed by atoms with E-state index in [0.29, 0.717) is 23.4 Å². The van der Waals surface area contributed by atoms with Crippen molar-refractivity contribution in [2.45, 2.75) is 52.4 Å². The van der Waals surface area contributed by atoms with Crippen LogP contribution in [0, 0.1) is 34.0 Å². The molecular formula is C34H30N2O3S. The van der Waals surface area contributed by atoms with E-state index in [4.69, 9.17) is 0 Å². The number of hydrogen-bond donors (Lipinski definition) is 0. The van der Waals surface area contributed by atoms with Crippen molar-refractivity contribution in [1.82, 2.24) is 0 Å². The van der Waals surface area contributed by atoms with Gasteiger partial charge in [0.1, 0.15) is 11.1 Å². The third kappa shape index (κ3) is 2.84. The predicted octanol–water partition coefficient (Wildman–Crippen LogP) is 6.60. The van der Waals surface area contributed by atoms with Crippen LogP contribution in [-0.4, -0.2) is 17.6 Å². The van der Waals surface area contributed by atoms with Crippen molar-refractivity contribution in [2.24, 2.45) is 22.7 Å². The monoisotopic (exact) mass is 546 g/mol. The lowest BCUT2D eigenvalue weighted by atomic mass is 9.60. The Morgan fingerprint density at radius 3 is 1.80 bits per heavy atom. The van der Waals surface area contributed by atoms with Crippen molar-refractivity contribution >= 4 is 45.1 Å². The van der Waals surface area contributed by atoms with Gasteiger partial charge in [0.05, 0.1) is 28.2 Å². The maximum atomic E-state index is 14.9. The minimum absolute atomic E-state index is 0.00466. The number of carbonyl (C=O) groups is 3. The molecule has 1 aliphatic heterocycles. The lowest BCUT2D eigenvalue weighted by molar-refractivity contribution is -0.134. The highest BCUT2D eigenvalue weighted by molar-refractivity contribution is 7.17. The number of benzene rings is 2. The molecule has 2 amide bonds. The summed E-state index contributed by atoms with van der Waals surface area (Å²) in [6.45, 7) is 3.95. The maximum Gasteiger partial charge on any atom is 0.239 e. The number of fused-ring (bicyclic) bond motifs is 6. The summed E-state index contributed by atoms with van der Waals surface area (Å²) in [5, 5.41) is 10.6. The number of anilines is 1. The molecule has 2 fully saturated rings. The average Bonchev–Trinajstić information content (AvgIpc) is 3.64. The molecule has 0 spiro atoms. The van der Waals surface area contributed by atoms with Crippen LogP contribution in [0.5, 0.6) is 0 Å². The molecule has 0 unspecified atom stereocenters. The van der Waals surface area contributed by atoms with E-state index in [1.54, 1.807) is 0 Å². The number of nitrogens with zero attached hydrogens (tertiary/aromatic N) is 2. The van der Waals surface area contributed by atoms with Gasteiger partial charge in [0.2, 0.25) is 11.8 Å². The number of Topliss-reactive ketones (excluding diaryl/α,β-unsaturated/α-hetero) is 1. The highest BCUT2D eigenvalue weighted by atomic mass is 32.1. The van der Waals surface area contributed by atoms with Gasteiger partial charge in [-0.1, -0.05) is 74.5 Å². The number of thiophene rings is 1. The first-order chi connectivity index (χ1) is 19.5. The summed E-state index contributed by atoms with van der Waals surface area (Å²) < 4.78 is 0. The third-order valence-corrected chi connectivity index (χ3v) is 11.3. The molecule has 2 aromatic carbocycles. The highest BCUT2D eigenvalue weighted by Crippen LogP contribution is 2.76. The minimum atomic E-state index is -1.11. The molecule has 40 heavy (non-hydrogen) atoms.